The fourth-order valence-electron chi connectivity index (χ4n) is 2.49. The van der Waals surface area contributed by atoms with E-state index in [1.54, 1.807) is 6.21 Å². The lowest BCUT2D eigenvalue weighted by Gasteiger charge is -2.15. The third-order valence-electron chi connectivity index (χ3n) is 3.90. The van der Waals surface area contributed by atoms with Gasteiger partial charge in [-0.2, -0.15) is 5.10 Å². The zero-order valence-electron chi connectivity index (χ0n) is 15.9. The molecule has 0 amide bonds. The van der Waals surface area contributed by atoms with Crippen LogP contribution in [0.4, 0.5) is 0 Å². The minimum atomic E-state index is 0.374. The molecule has 4 nitrogen and oxygen atoms in total. The van der Waals surface area contributed by atoms with Crippen molar-refractivity contribution in [2.75, 3.05) is 6.61 Å². The molecule has 0 saturated carbocycles. The summed E-state index contributed by atoms with van der Waals surface area (Å²) < 4.78 is 5.76. The molecule has 0 aliphatic carbocycles. The largest absolute Gasteiger partial charge is 0.494 e. The molecule has 0 heterocycles. The third-order valence-corrected chi connectivity index (χ3v) is 4.76. The average Bonchev–Trinajstić information content (AvgIpc) is 2.62. The van der Waals surface area contributed by atoms with Crippen molar-refractivity contribution >= 4 is 23.1 Å². The number of ether oxygens (including phenoxy) is 1. The summed E-state index contributed by atoms with van der Waals surface area (Å²) in [5.74, 6) is 2.10. The van der Waals surface area contributed by atoms with Crippen molar-refractivity contribution in [1.82, 2.24) is 0 Å². The Labute approximate surface area is 160 Å². The van der Waals surface area contributed by atoms with Gasteiger partial charge in [0, 0.05) is 5.75 Å². The molecule has 5 heteroatoms. The molecule has 0 atom stereocenters. The Balaban J connectivity index is 2.07. The molecule has 2 aromatic rings. The van der Waals surface area contributed by atoms with Crippen LogP contribution in [0.2, 0.25) is 0 Å². The molecule has 2 rings (SSSR count). The second kappa shape index (κ2) is 10.0. The Morgan fingerprint density at radius 3 is 2.62 bits per heavy atom. The van der Waals surface area contributed by atoms with Crippen LogP contribution in [0.1, 0.15) is 48.9 Å². The van der Waals surface area contributed by atoms with E-state index in [-0.39, 0.29) is 0 Å². The minimum Gasteiger partial charge on any atom is -0.494 e. The zero-order valence-corrected chi connectivity index (χ0v) is 16.7. The SMILES string of the molecule is CCOc1cc(C)c(C=NN=C(N)SCc2ccccc2)cc1C(C)C. The van der Waals surface area contributed by atoms with Crippen LogP contribution in [-0.4, -0.2) is 18.0 Å². The van der Waals surface area contributed by atoms with Crippen LogP contribution in [0.3, 0.4) is 0 Å². The first-order valence-electron chi connectivity index (χ1n) is 8.81. The van der Waals surface area contributed by atoms with E-state index in [9.17, 15) is 0 Å². The Morgan fingerprint density at radius 1 is 1.23 bits per heavy atom. The number of nitrogens with two attached hydrogens (primary N) is 1. The number of hydrogen-bond donors (Lipinski definition) is 1. The number of amidine groups is 1. The fourth-order valence-corrected chi connectivity index (χ4v) is 3.11. The van der Waals surface area contributed by atoms with Crippen molar-refractivity contribution in [2.24, 2.45) is 15.9 Å². The second-order valence-corrected chi connectivity index (χ2v) is 7.29. The Hall–Kier alpha value is -2.27. The summed E-state index contributed by atoms with van der Waals surface area (Å²) in [6.45, 7) is 9.02. The number of nitrogens with zero attached hydrogens (tertiary/aromatic N) is 2. The third kappa shape index (κ3) is 5.92. The highest BCUT2D eigenvalue weighted by Crippen LogP contribution is 2.29. The first-order valence-corrected chi connectivity index (χ1v) is 9.80. The van der Waals surface area contributed by atoms with Gasteiger partial charge in [0.05, 0.1) is 12.8 Å². The van der Waals surface area contributed by atoms with Gasteiger partial charge in [0.2, 0.25) is 0 Å². The van der Waals surface area contributed by atoms with Gasteiger partial charge in [-0.1, -0.05) is 55.9 Å². The lowest BCUT2D eigenvalue weighted by Crippen LogP contribution is -2.06. The highest BCUT2D eigenvalue weighted by molar-refractivity contribution is 8.13. The van der Waals surface area contributed by atoms with Gasteiger partial charge in [-0.15, -0.1) is 5.10 Å². The Bertz CT molecular complexity index is 770. The maximum Gasteiger partial charge on any atom is 0.180 e. The van der Waals surface area contributed by atoms with E-state index in [0.29, 0.717) is 17.7 Å². The van der Waals surface area contributed by atoms with Crippen LogP contribution in [0.15, 0.2) is 52.7 Å². The van der Waals surface area contributed by atoms with Gasteiger partial charge in [0.1, 0.15) is 5.75 Å². The number of hydrogen-bond acceptors (Lipinski definition) is 4. The first-order chi connectivity index (χ1) is 12.5. The first kappa shape index (κ1) is 20.0. The fraction of sp³-hybridized carbons (Fsp3) is 0.333. The van der Waals surface area contributed by atoms with Crippen LogP contribution in [0, 0.1) is 6.92 Å². The molecular weight excluding hydrogens is 342 g/mol. The van der Waals surface area contributed by atoms with E-state index in [2.05, 4.69) is 48.3 Å². The van der Waals surface area contributed by atoms with Crippen LogP contribution >= 0.6 is 11.8 Å². The van der Waals surface area contributed by atoms with Crippen molar-refractivity contribution in [2.45, 2.75) is 39.4 Å². The van der Waals surface area contributed by atoms with Crippen LogP contribution in [0.25, 0.3) is 0 Å². The number of aryl methyl sites for hydroxylation is 1. The zero-order chi connectivity index (χ0) is 18.9. The summed E-state index contributed by atoms with van der Waals surface area (Å²) in [6, 6.07) is 14.4. The second-order valence-electron chi connectivity index (χ2n) is 6.29. The highest BCUT2D eigenvalue weighted by Gasteiger charge is 2.10. The van der Waals surface area contributed by atoms with Gasteiger partial charge in [-0.3, -0.25) is 0 Å². The van der Waals surface area contributed by atoms with Crippen molar-refractivity contribution in [1.29, 1.82) is 0 Å². The van der Waals surface area contributed by atoms with Crippen LogP contribution < -0.4 is 10.5 Å². The molecule has 0 bridgehead atoms. The van der Waals surface area contributed by atoms with E-state index < -0.39 is 0 Å². The van der Waals surface area contributed by atoms with Crippen molar-refractivity contribution in [3.8, 4) is 5.75 Å². The molecule has 0 spiro atoms. The summed E-state index contributed by atoms with van der Waals surface area (Å²) in [5.41, 5.74) is 10.5. The van der Waals surface area contributed by atoms with Gasteiger partial charge in [-0.05, 0) is 54.2 Å². The van der Waals surface area contributed by atoms with Crippen LogP contribution in [0.5, 0.6) is 5.75 Å². The van der Waals surface area contributed by atoms with E-state index in [1.165, 1.54) is 22.9 Å². The number of benzene rings is 2. The van der Waals surface area contributed by atoms with E-state index in [4.69, 9.17) is 10.5 Å². The topological polar surface area (TPSA) is 60.0 Å². The molecule has 0 radical (unpaired) electrons. The molecule has 2 aromatic carbocycles. The Kier molecular flexibility index (Phi) is 7.73. The van der Waals surface area contributed by atoms with E-state index >= 15 is 0 Å². The summed E-state index contributed by atoms with van der Waals surface area (Å²) in [5, 5.41) is 8.73. The summed E-state index contributed by atoms with van der Waals surface area (Å²) in [4.78, 5) is 0. The molecule has 138 valence electrons. The van der Waals surface area contributed by atoms with Gasteiger partial charge in [-0.25, -0.2) is 0 Å². The molecule has 26 heavy (non-hydrogen) atoms. The Morgan fingerprint density at radius 2 is 1.96 bits per heavy atom. The smallest absolute Gasteiger partial charge is 0.180 e. The molecule has 0 aromatic heterocycles. The molecule has 0 unspecified atom stereocenters. The molecule has 0 aliphatic rings. The lowest BCUT2D eigenvalue weighted by molar-refractivity contribution is 0.335. The highest BCUT2D eigenvalue weighted by atomic mass is 32.2. The van der Waals surface area contributed by atoms with E-state index in [0.717, 1.165) is 22.6 Å². The predicted octanol–water partition coefficient (Wildman–Crippen LogP) is 5.10. The van der Waals surface area contributed by atoms with Crippen LogP contribution in [-0.2, 0) is 5.75 Å². The number of thioether (sulfide) groups is 1. The number of rotatable bonds is 7. The summed E-state index contributed by atoms with van der Waals surface area (Å²) >= 11 is 1.48. The van der Waals surface area contributed by atoms with Gasteiger partial charge < -0.3 is 10.5 Å². The molecule has 2 N–H and O–H groups in total. The van der Waals surface area contributed by atoms with Gasteiger partial charge in [0.15, 0.2) is 5.17 Å². The standard InChI is InChI=1S/C21H27N3OS/c1-5-25-20-11-16(4)18(12-19(20)15(2)3)13-23-24-21(22)26-14-17-9-7-6-8-10-17/h6-13,15H,5,14H2,1-4H3,(H2,22,24). The quantitative estimate of drug-likeness (QED) is 0.420. The van der Waals surface area contributed by atoms with Gasteiger partial charge in [0.25, 0.3) is 0 Å². The van der Waals surface area contributed by atoms with Crippen molar-refractivity contribution in [3.05, 3.63) is 64.7 Å². The summed E-state index contributed by atoms with van der Waals surface area (Å²) in [7, 11) is 0. The summed E-state index contributed by atoms with van der Waals surface area (Å²) in [6.07, 6.45) is 1.76. The molecular formula is C21H27N3OS. The van der Waals surface area contributed by atoms with Crippen molar-refractivity contribution < 1.29 is 4.74 Å². The maximum atomic E-state index is 5.94. The van der Waals surface area contributed by atoms with Gasteiger partial charge >= 0.3 is 0 Å². The minimum absolute atomic E-state index is 0.374. The normalized spacial score (nSPS) is 12.1. The maximum absolute atomic E-state index is 5.94. The lowest BCUT2D eigenvalue weighted by atomic mass is 9.97. The van der Waals surface area contributed by atoms with E-state index in [1.807, 2.05) is 32.0 Å². The molecule has 0 aliphatic heterocycles. The monoisotopic (exact) mass is 369 g/mol. The van der Waals surface area contributed by atoms with Crippen molar-refractivity contribution in [3.63, 3.8) is 0 Å². The predicted molar refractivity (Wildman–Crippen MR) is 113 cm³/mol. The molecule has 0 fully saturated rings. The average molecular weight is 370 g/mol. The molecule has 0 saturated heterocycles.